The molecule has 1 saturated heterocycles. The van der Waals surface area contributed by atoms with E-state index in [1.54, 1.807) is 6.92 Å². The molecule has 0 unspecified atom stereocenters. The number of benzene rings is 2. The van der Waals surface area contributed by atoms with Gasteiger partial charge < -0.3 is 14.5 Å². The molecule has 1 amide bonds. The molecule has 142 valence electrons. The minimum atomic E-state index is 0.0137. The maximum Gasteiger partial charge on any atom is 0.260 e. The fourth-order valence-electron chi connectivity index (χ4n) is 3.16. The Morgan fingerprint density at radius 1 is 0.926 bits per heavy atom. The predicted molar refractivity (Wildman–Crippen MR) is 107 cm³/mol. The Balaban J connectivity index is 1.50. The van der Waals surface area contributed by atoms with Crippen LogP contribution in [0, 0.1) is 13.8 Å². The van der Waals surface area contributed by atoms with Crippen molar-refractivity contribution in [3.63, 3.8) is 0 Å². The summed E-state index contributed by atoms with van der Waals surface area (Å²) in [6.07, 6.45) is 0. The highest BCUT2D eigenvalue weighted by Crippen LogP contribution is 2.19. The van der Waals surface area contributed by atoms with Crippen molar-refractivity contribution in [2.24, 2.45) is 0 Å². The average Bonchev–Trinajstić information content (AvgIpc) is 2.69. The normalized spacial score (nSPS) is 14.2. The Kier molecular flexibility index (Phi) is 5.79. The Morgan fingerprint density at radius 2 is 1.59 bits per heavy atom. The van der Waals surface area contributed by atoms with Gasteiger partial charge in [0.25, 0.3) is 5.91 Å². The lowest BCUT2D eigenvalue weighted by atomic mass is 10.1. The highest BCUT2D eigenvalue weighted by Gasteiger charge is 2.21. The minimum Gasteiger partial charge on any atom is -0.484 e. The lowest BCUT2D eigenvalue weighted by Crippen LogP contribution is -2.50. The van der Waals surface area contributed by atoms with Crippen molar-refractivity contribution in [3.05, 3.63) is 59.2 Å². The number of nitrogens with zero attached hydrogens (tertiary/aromatic N) is 2. The van der Waals surface area contributed by atoms with Gasteiger partial charge in [-0.15, -0.1) is 0 Å². The number of Topliss-reactive ketones (excluding diaryl/α,β-unsaturated/α-hetero) is 1. The van der Waals surface area contributed by atoms with Gasteiger partial charge in [-0.25, -0.2) is 0 Å². The Hall–Kier alpha value is -2.82. The standard InChI is InChI=1S/C22H26N2O3/c1-16-4-9-21(14-17(16)2)27-15-22(26)24-12-10-23(11-13-24)20-7-5-19(6-8-20)18(3)25/h4-9,14H,10-13,15H2,1-3H3. The number of ether oxygens (including phenoxy) is 1. The highest BCUT2D eigenvalue weighted by atomic mass is 16.5. The fraction of sp³-hybridized carbons (Fsp3) is 0.364. The van der Waals surface area contributed by atoms with Crippen LogP contribution in [0.5, 0.6) is 5.75 Å². The summed E-state index contributed by atoms with van der Waals surface area (Å²) in [7, 11) is 0. The topological polar surface area (TPSA) is 49.9 Å². The molecule has 0 aromatic heterocycles. The lowest BCUT2D eigenvalue weighted by molar-refractivity contribution is -0.133. The number of amides is 1. The van der Waals surface area contributed by atoms with E-state index in [1.807, 2.05) is 54.3 Å². The SMILES string of the molecule is CC(=O)c1ccc(N2CCN(C(=O)COc3ccc(C)c(C)c3)CC2)cc1. The zero-order valence-electron chi connectivity index (χ0n) is 16.2. The minimum absolute atomic E-state index is 0.0137. The van der Waals surface area contributed by atoms with Crippen LogP contribution in [0.3, 0.4) is 0 Å². The van der Waals surface area contributed by atoms with Crippen LogP contribution in [-0.2, 0) is 4.79 Å². The number of hydrogen-bond acceptors (Lipinski definition) is 4. The number of piperazine rings is 1. The van der Waals surface area contributed by atoms with Crippen LogP contribution in [-0.4, -0.2) is 49.4 Å². The van der Waals surface area contributed by atoms with Crippen molar-refractivity contribution < 1.29 is 14.3 Å². The number of anilines is 1. The van der Waals surface area contributed by atoms with E-state index >= 15 is 0 Å². The van der Waals surface area contributed by atoms with Crippen LogP contribution in [0.15, 0.2) is 42.5 Å². The molecule has 3 rings (SSSR count). The number of carbonyl (C=O) groups excluding carboxylic acids is 2. The van der Waals surface area contributed by atoms with Gasteiger partial charge in [0.2, 0.25) is 0 Å². The van der Waals surface area contributed by atoms with Gasteiger partial charge in [0.1, 0.15) is 5.75 Å². The van der Waals surface area contributed by atoms with E-state index in [2.05, 4.69) is 11.8 Å². The first-order chi connectivity index (χ1) is 12.9. The van der Waals surface area contributed by atoms with E-state index in [1.165, 1.54) is 5.56 Å². The van der Waals surface area contributed by atoms with Crippen LogP contribution in [0.4, 0.5) is 5.69 Å². The van der Waals surface area contributed by atoms with Gasteiger partial charge in [-0.2, -0.15) is 0 Å². The first-order valence-electron chi connectivity index (χ1n) is 9.28. The van der Waals surface area contributed by atoms with E-state index < -0.39 is 0 Å². The smallest absolute Gasteiger partial charge is 0.260 e. The quantitative estimate of drug-likeness (QED) is 0.763. The molecule has 5 heteroatoms. The van der Waals surface area contributed by atoms with Crippen molar-refractivity contribution in [2.45, 2.75) is 20.8 Å². The van der Waals surface area contributed by atoms with Crippen molar-refractivity contribution in [3.8, 4) is 5.75 Å². The summed E-state index contributed by atoms with van der Waals surface area (Å²) >= 11 is 0. The van der Waals surface area contributed by atoms with E-state index in [-0.39, 0.29) is 18.3 Å². The highest BCUT2D eigenvalue weighted by molar-refractivity contribution is 5.94. The summed E-state index contributed by atoms with van der Waals surface area (Å²) in [4.78, 5) is 27.9. The van der Waals surface area contributed by atoms with Crippen molar-refractivity contribution in [2.75, 3.05) is 37.7 Å². The van der Waals surface area contributed by atoms with Gasteiger partial charge in [-0.3, -0.25) is 9.59 Å². The second-order valence-corrected chi connectivity index (χ2v) is 7.01. The van der Waals surface area contributed by atoms with E-state index in [9.17, 15) is 9.59 Å². The molecule has 0 aliphatic carbocycles. The maximum atomic E-state index is 12.4. The summed E-state index contributed by atoms with van der Waals surface area (Å²) in [5.74, 6) is 0.816. The summed E-state index contributed by atoms with van der Waals surface area (Å²) < 4.78 is 5.67. The van der Waals surface area contributed by atoms with Crippen LogP contribution in [0.25, 0.3) is 0 Å². The molecular formula is C22H26N2O3. The number of carbonyl (C=O) groups is 2. The summed E-state index contributed by atoms with van der Waals surface area (Å²) in [6, 6.07) is 13.5. The monoisotopic (exact) mass is 366 g/mol. The molecule has 0 spiro atoms. The van der Waals surface area contributed by atoms with Crippen LogP contribution in [0.2, 0.25) is 0 Å². The molecule has 1 aliphatic rings. The molecule has 2 aromatic rings. The summed E-state index contributed by atoms with van der Waals surface area (Å²) in [5.41, 5.74) is 4.17. The Morgan fingerprint density at radius 3 is 2.19 bits per heavy atom. The second kappa shape index (κ2) is 8.25. The van der Waals surface area contributed by atoms with Crippen molar-refractivity contribution in [1.29, 1.82) is 0 Å². The molecule has 0 N–H and O–H groups in total. The molecule has 0 atom stereocenters. The van der Waals surface area contributed by atoms with E-state index in [0.717, 1.165) is 35.7 Å². The van der Waals surface area contributed by atoms with Gasteiger partial charge >= 0.3 is 0 Å². The van der Waals surface area contributed by atoms with Gasteiger partial charge in [-0.1, -0.05) is 6.07 Å². The van der Waals surface area contributed by atoms with Crippen LogP contribution in [0.1, 0.15) is 28.4 Å². The average molecular weight is 366 g/mol. The number of rotatable bonds is 5. The third kappa shape index (κ3) is 4.67. The Bertz CT molecular complexity index is 822. The first-order valence-corrected chi connectivity index (χ1v) is 9.28. The number of hydrogen-bond donors (Lipinski definition) is 0. The maximum absolute atomic E-state index is 12.4. The van der Waals surface area contributed by atoms with Crippen molar-refractivity contribution in [1.82, 2.24) is 4.90 Å². The lowest BCUT2D eigenvalue weighted by Gasteiger charge is -2.36. The van der Waals surface area contributed by atoms with Gasteiger partial charge in [-0.05, 0) is 68.3 Å². The van der Waals surface area contributed by atoms with Crippen molar-refractivity contribution >= 4 is 17.4 Å². The van der Waals surface area contributed by atoms with Gasteiger partial charge in [0.15, 0.2) is 12.4 Å². The summed E-state index contributed by atoms with van der Waals surface area (Å²) in [5, 5.41) is 0. The third-order valence-electron chi connectivity index (χ3n) is 5.11. The molecular weight excluding hydrogens is 340 g/mol. The Labute approximate surface area is 160 Å². The first kappa shape index (κ1) is 19.0. The molecule has 27 heavy (non-hydrogen) atoms. The zero-order chi connectivity index (χ0) is 19.4. The van der Waals surface area contributed by atoms with Crippen LogP contribution >= 0.6 is 0 Å². The zero-order valence-corrected chi connectivity index (χ0v) is 16.2. The molecule has 0 saturated carbocycles. The van der Waals surface area contributed by atoms with Gasteiger partial charge in [0, 0.05) is 37.4 Å². The largest absolute Gasteiger partial charge is 0.484 e. The predicted octanol–water partition coefficient (Wildman–Crippen LogP) is 3.23. The third-order valence-corrected chi connectivity index (χ3v) is 5.11. The second-order valence-electron chi connectivity index (χ2n) is 7.01. The summed E-state index contributed by atoms with van der Waals surface area (Å²) in [6.45, 7) is 8.61. The van der Waals surface area contributed by atoms with E-state index in [0.29, 0.717) is 13.1 Å². The molecule has 0 bridgehead atoms. The fourth-order valence-corrected chi connectivity index (χ4v) is 3.16. The molecule has 1 aliphatic heterocycles. The number of ketones is 1. The number of aryl methyl sites for hydroxylation is 2. The molecule has 5 nitrogen and oxygen atoms in total. The molecule has 2 aromatic carbocycles. The van der Waals surface area contributed by atoms with Gasteiger partial charge in [0.05, 0.1) is 0 Å². The van der Waals surface area contributed by atoms with E-state index in [4.69, 9.17) is 4.74 Å². The molecule has 1 heterocycles. The molecule has 1 fully saturated rings. The van der Waals surface area contributed by atoms with Crippen LogP contribution < -0.4 is 9.64 Å². The molecule has 0 radical (unpaired) electrons.